The predicted octanol–water partition coefficient (Wildman–Crippen LogP) is -0.216. The van der Waals surface area contributed by atoms with Gasteiger partial charge >= 0.3 is 0 Å². The highest BCUT2D eigenvalue weighted by Gasteiger charge is 2.47. The number of nitriles is 1. The molecular formula is C11H17N3O3S. The summed E-state index contributed by atoms with van der Waals surface area (Å²) in [7, 11) is -3.18. The molecule has 0 aromatic heterocycles. The van der Waals surface area contributed by atoms with Crippen LogP contribution in [0.1, 0.15) is 19.3 Å². The number of amides is 1. The average molecular weight is 271 g/mol. The molecule has 100 valence electrons. The first-order chi connectivity index (χ1) is 8.39. The van der Waals surface area contributed by atoms with Crippen LogP contribution in [-0.4, -0.2) is 56.0 Å². The topological polar surface area (TPSA) is 81.5 Å². The zero-order valence-electron chi connectivity index (χ0n) is 10.4. The Morgan fingerprint density at radius 1 is 1.22 bits per heavy atom. The third-order valence-electron chi connectivity index (χ3n) is 3.83. The smallest absolute Gasteiger partial charge is 0.243 e. The fraction of sp³-hybridized carbons (Fsp3) is 0.818. The fourth-order valence-electron chi connectivity index (χ4n) is 2.43. The summed E-state index contributed by atoms with van der Waals surface area (Å²) in [6.45, 7) is 1.42. The van der Waals surface area contributed by atoms with E-state index in [-0.39, 0.29) is 5.91 Å². The quantitative estimate of drug-likeness (QED) is 0.695. The molecule has 1 amide bonds. The Hall–Kier alpha value is -1.13. The molecule has 1 saturated heterocycles. The average Bonchev–Trinajstić information content (AvgIpc) is 2.27. The van der Waals surface area contributed by atoms with Crippen molar-refractivity contribution in [2.24, 2.45) is 5.41 Å². The molecular weight excluding hydrogens is 254 g/mol. The predicted molar refractivity (Wildman–Crippen MR) is 64.9 cm³/mol. The van der Waals surface area contributed by atoms with Crippen LogP contribution in [0.3, 0.4) is 0 Å². The van der Waals surface area contributed by atoms with E-state index in [9.17, 15) is 13.2 Å². The van der Waals surface area contributed by atoms with E-state index in [1.54, 1.807) is 4.90 Å². The number of sulfonamides is 1. The van der Waals surface area contributed by atoms with E-state index >= 15 is 0 Å². The van der Waals surface area contributed by atoms with Crippen molar-refractivity contribution in [3.05, 3.63) is 0 Å². The molecule has 1 aliphatic carbocycles. The van der Waals surface area contributed by atoms with Crippen LogP contribution in [-0.2, 0) is 14.8 Å². The van der Waals surface area contributed by atoms with Crippen LogP contribution >= 0.6 is 0 Å². The molecule has 1 aliphatic heterocycles. The molecule has 2 aliphatic rings. The van der Waals surface area contributed by atoms with Crippen molar-refractivity contribution in [1.29, 1.82) is 5.26 Å². The van der Waals surface area contributed by atoms with Gasteiger partial charge in [-0.2, -0.15) is 9.57 Å². The van der Waals surface area contributed by atoms with Gasteiger partial charge in [0.05, 0.1) is 12.3 Å². The summed E-state index contributed by atoms with van der Waals surface area (Å²) in [5, 5.41) is 9.12. The van der Waals surface area contributed by atoms with E-state index in [4.69, 9.17) is 5.26 Å². The zero-order valence-corrected chi connectivity index (χ0v) is 11.2. The van der Waals surface area contributed by atoms with Gasteiger partial charge in [-0.15, -0.1) is 0 Å². The highest BCUT2D eigenvalue weighted by Crippen LogP contribution is 2.42. The molecule has 0 aromatic rings. The van der Waals surface area contributed by atoms with E-state index in [1.807, 2.05) is 0 Å². The first-order valence-electron chi connectivity index (χ1n) is 6.05. The van der Waals surface area contributed by atoms with Crippen molar-refractivity contribution in [2.75, 3.05) is 32.4 Å². The summed E-state index contributed by atoms with van der Waals surface area (Å²) in [6.07, 6.45) is 3.36. The molecule has 0 bridgehead atoms. The lowest BCUT2D eigenvalue weighted by Gasteiger charge is -2.41. The molecule has 6 nitrogen and oxygen atoms in total. The van der Waals surface area contributed by atoms with Gasteiger partial charge in [-0.05, 0) is 19.3 Å². The number of carbonyl (C=O) groups excluding carboxylic acids is 1. The SMILES string of the molecule is CS(=O)(=O)N1CCN(C(=O)C2(C#N)CCC2)CC1. The van der Waals surface area contributed by atoms with E-state index in [0.717, 1.165) is 6.42 Å². The number of hydrogen-bond acceptors (Lipinski definition) is 4. The van der Waals surface area contributed by atoms with Crippen molar-refractivity contribution in [3.63, 3.8) is 0 Å². The minimum atomic E-state index is -3.18. The van der Waals surface area contributed by atoms with Gasteiger partial charge in [-0.3, -0.25) is 4.79 Å². The molecule has 0 N–H and O–H groups in total. The van der Waals surface area contributed by atoms with Gasteiger partial charge in [0.2, 0.25) is 15.9 Å². The van der Waals surface area contributed by atoms with E-state index in [1.165, 1.54) is 10.6 Å². The lowest BCUT2D eigenvalue weighted by molar-refractivity contribution is -0.144. The molecule has 0 radical (unpaired) electrons. The monoisotopic (exact) mass is 271 g/mol. The highest BCUT2D eigenvalue weighted by molar-refractivity contribution is 7.88. The highest BCUT2D eigenvalue weighted by atomic mass is 32.2. The van der Waals surface area contributed by atoms with Crippen molar-refractivity contribution >= 4 is 15.9 Å². The van der Waals surface area contributed by atoms with Crippen molar-refractivity contribution in [3.8, 4) is 6.07 Å². The number of piperazine rings is 1. The molecule has 2 rings (SSSR count). The Kier molecular flexibility index (Phi) is 3.34. The van der Waals surface area contributed by atoms with Gasteiger partial charge in [0, 0.05) is 26.2 Å². The van der Waals surface area contributed by atoms with Crippen LogP contribution < -0.4 is 0 Å². The minimum Gasteiger partial charge on any atom is -0.339 e. The number of hydrogen-bond donors (Lipinski definition) is 0. The maximum absolute atomic E-state index is 12.2. The normalized spacial score (nSPS) is 24.1. The van der Waals surface area contributed by atoms with Crippen molar-refractivity contribution in [2.45, 2.75) is 19.3 Å². The van der Waals surface area contributed by atoms with E-state index in [2.05, 4.69) is 6.07 Å². The summed E-state index contributed by atoms with van der Waals surface area (Å²) in [5.41, 5.74) is -0.826. The van der Waals surface area contributed by atoms with Gasteiger partial charge in [0.15, 0.2) is 0 Å². The summed E-state index contributed by atoms with van der Waals surface area (Å²) in [6, 6.07) is 2.13. The van der Waals surface area contributed by atoms with Gasteiger partial charge in [0.25, 0.3) is 0 Å². The van der Waals surface area contributed by atoms with E-state index < -0.39 is 15.4 Å². The standard InChI is InChI=1S/C11H17N3O3S/c1-18(16,17)14-7-5-13(6-8-14)10(15)11(9-12)3-2-4-11/h2-8H2,1H3. The number of rotatable bonds is 2. The maximum Gasteiger partial charge on any atom is 0.243 e. The Morgan fingerprint density at radius 2 is 1.78 bits per heavy atom. The van der Waals surface area contributed by atoms with Gasteiger partial charge in [-0.25, -0.2) is 8.42 Å². The number of nitrogens with zero attached hydrogens (tertiary/aromatic N) is 3. The van der Waals surface area contributed by atoms with Crippen LogP contribution in [0.2, 0.25) is 0 Å². The first-order valence-corrected chi connectivity index (χ1v) is 7.90. The van der Waals surface area contributed by atoms with Crippen LogP contribution in [0.5, 0.6) is 0 Å². The zero-order chi connectivity index (χ0) is 13.4. The second-order valence-corrected chi connectivity index (χ2v) is 6.98. The molecule has 18 heavy (non-hydrogen) atoms. The fourth-order valence-corrected chi connectivity index (χ4v) is 3.26. The van der Waals surface area contributed by atoms with Crippen LogP contribution in [0.25, 0.3) is 0 Å². The minimum absolute atomic E-state index is 0.121. The first kappa shape index (κ1) is 13.3. The third kappa shape index (κ3) is 2.22. The Bertz CT molecular complexity index is 482. The molecule has 1 saturated carbocycles. The third-order valence-corrected chi connectivity index (χ3v) is 5.13. The molecule has 1 heterocycles. The summed E-state index contributed by atoms with van der Waals surface area (Å²) >= 11 is 0. The molecule has 7 heteroatoms. The van der Waals surface area contributed by atoms with Gasteiger partial charge < -0.3 is 4.90 Å². The second-order valence-electron chi connectivity index (χ2n) is 5.00. The summed E-state index contributed by atoms with van der Waals surface area (Å²) in [4.78, 5) is 13.9. The maximum atomic E-state index is 12.2. The number of carbonyl (C=O) groups is 1. The van der Waals surface area contributed by atoms with Crippen LogP contribution in [0, 0.1) is 16.7 Å². The van der Waals surface area contributed by atoms with Crippen LogP contribution in [0.15, 0.2) is 0 Å². The van der Waals surface area contributed by atoms with Gasteiger partial charge in [-0.1, -0.05) is 0 Å². The molecule has 0 spiro atoms. The molecule has 0 atom stereocenters. The largest absolute Gasteiger partial charge is 0.339 e. The lowest BCUT2D eigenvalue weighted by atomic mass is 9.69. The van der Waals surface area contributed by atoms with E-state index in [0.29, 0.717) is 39.0 Å². The summed E-state index contributed by atoms with van der Waals surface area (Å²) < 4.78 is 24.1. The molecule has 2 fully saturated rings. The van der Waals surface area contributed by atoms with Crippen molar-refractivity contribution in [1.82, 2.24) is 9.21 Å². The second kappa shape index (κ2) is 4.52. The molecule has 0 aromatic carbocycles. The van der Waals surface area contributed by atoms with Crippen LogP contribution in [0.4, 0.5) is 0 Å². The Labute approximate surface area is 107 Å². The lowest BCUT2D eigenvalue weighted by Crippen LogP contribution is -2.55. The van der Waals surface area contributed by atoms with Gasteiger partial charge in [0.1, 0.15) is 5.41 Å². The Morgan fingerprint density at radius 3 is 2.11 bits per heavy atom. The summed E-state index contributed by atoms with van der Waals surface area (Å²) in [5.74, 6) is -0.121. The van der Waals surface area contributed by atoms with Crippen molar-refractivity contribution < 1.29 is 13.2 Å². The Balaban J connectivity index is 1.99. The molecule has 0 unspecified atom stereocenters.